The molecular weight excluding hydrogens is 336 g/mol. The minimum Gasteiger partial charge on any atom is -0.493 e. The molecule has 1 heterocycles. The number of carbonyl (C=O) groups excluding carboxylic acids is 2. The molecule has 0 spiro atoms. The molecule has 144 valence electrons. The van der Waals surface area contributed by atoms with E-state index in [9.17, 15) is 9.59 Å². The molecule has 1 N–H and O–H groups in total. The summed E-state index contributed by atoms with van der Waals surface area (Å²) in [5, 5.41) is 1.97. The number of hydrazine groups is 1. The number of Topliss-reactive ketones (excluding diaryl/α,β-unsaturated/α-hetero) is 1. The van der Waals surface area contributed by atoms with Crippen molar-refractivity contribution in [1.82, 2.24) is 10.4 Å². The average Bonchev–Trinajstić information content (AvgIpc) is 2.67. The van der Waals surface area contributed by atoms with Crippen LogP contribution in [0.4, 0.5) is 0 Å². The molecule has 0 bridgehead atoms. The average molecular weight is 364 g/mol. The van der Waals surface area contributed by atoms with Crippen molar-refractivity contribution in [2.75, 3.05) is 34.4 Å². The molecule has 7 nitrogen and oxygen atoms in total. The van der Waals surface area contributed by atoms with E-state index < -0.39 is 0 Å². The molecular formula is C19H28N2O5. The second-order valence-electron chi connectivity index (χ2n) is 6.27. The van der Waals surface area contributed by atoms with Crippen molar-refractivity contribution in [2.24, 2.45) is 0 Å². The van der Waals surface area contributed by atoms with Gasteiger partial charge in [-0.1, -0.05) is 6.42 Å². The first-order valence-corrected chi connectivity index (χ1v) is 8.96. The molecule has 7 heteroatoms. The minimum absolute atomic E-state index is 0.0374. The minimum atomic E-state index is -0.0602. The molecule has 1 aliphatic rings. The first-order chi connectivity index (χ1) is 12.6. The van der Waals surface area contributed by atoms with Gasteiger partial charge in [0.05, 0.1) is 21.3 Å². The van der Waals surface area contributed by atoms with E-state index in [2.05, 4.69) is 5.43 Å². The third-order valence-corrected chi connectivity index (χ3v) is 4.43. The Kier molecular flexibility index (Phi) is 7.72. The fourth-order valence-corrected chi connectivity index (χ4v) is 3.03. The van der Waals surface area contributed by atoms with Crippen LogP contribution >= 0.6 is 0 Å². The molecule has 26 heavy (non-hydrogen) atoms. The predicted octanol–water partition coefficient (Wildman–Crippen LogP) is 2.58. The number of ether oxygens (including phenoxy) is 3. The zero-order valence-corrected chi connectivity index (χ0v) is 15.8. The van der Waals surface area contributed by atoms with E-state index in [4.69, 9.17) is 14.2 Å². The molecule has 1 fully saturated rings. The van der Waals surface area contributed by atoms with Crippen molar-refractivity contribution in [3.05, 3.63) is 17.7 Å². The van der Waals surface area contributed by atoms with Crippen molar-refractivity contribution in [3.63, 3.8) is 0 Å². The van der Waals surface area contributed by atoms with Gasteiger partial charge >= 0.3 is 0 Å². The van der Waals surface area contributed by atoms with Crippen LogP contribution in [-0.2, 0) is 4.79 Å². The Hall–Kier alpha value is -2.28. The quantitative estimate of drug-likeness (QED) is 0.679. The second-order valence-corrected chi connectivity index (χ2v) is 6.27. The zero-order valence-electron chi connectivity index (χ0n) is 15.8. The van der Waals surface area contributed by atoms with Gasteiger partial charge in [-0.2, -0.15) is 0 Å². The summed E-state index contributed by atoms with van der Waals surface area (Å²) in [6, 6.07) is 3.27. The van der Waals surface area contributed by atoms with Crippen LogP contribution in [0.1, 0.15) is 48.9 Å². The molecule has 1 amide bonds. The van der Waals surface area contributed by atoms with E-state index in [0.29, 0.717) is 35.7 Å². The third-order valence-electron chi connectivity index (χ3n) is 4.43. The van der Waals surface area contributed by atoms with Crippen molar-refractivity contribution in [1.29, 1.82) is 0 Å². The Bertz CT molecular complexity index is 601. The Morgan fingerprint density at radius 2 is 1.58 bits per heavy atom. The van der Waals surface area contributed by atoms with E-state index in [1.54, 1.807) is 12.1 Å². The summed E-state index contributed by atoms with van der Waals surface area (Å²) >= 11 is 0. The molecule has 0 saturated carbocycles. The highest BCUT2D eigenvalue weighted by molar-refractivity contribution is 5.97. The second kappa shape index (κ2) is 10.0. The van der Waals surface area contributed by atoms with Gasteiger partial charge in [-0.3, -0.25) is 15.0 Å². The molecule has 0 atom stereocenters. The van der Waals surface area contributed by atoms with Crippen molar-refractivity contribution < 1.29 is 23.8 Å². The summed E-state index contributed by atoms with van der Waals surface area (Å²) in [6.07, 6.45) is 4.54. The summed E-state index contributed by atoms with van der Waals surface area (Å²) in [4.78, 5) is 24.5. The summed E-state index contributed by atoms with van der Waals surface area (Å²) < 4.78 is 15.8. The number of carbonyl (C=O) groups is 2. The van der Waals surface area contributed by atoms with Gasteiger partial charge in [0.15, 0.2) is 17.3 Å². The smallest absolute Gasteiger partial charge is 0.234 e. The predicted molar refractivity (Wildman–Crippen MR) is 97.8 cm³/mol. The summed E-state index contributed by atoms with van der Waals surface area (Å²) in [5.74, 6) is 1.24. The van der Waals surface area contributed by atoms with E-state index >= 15 is 0 Å². The molecule has 0 aromatic heterocycles. The molecule has 1 saturated heterocycles. The topological polar surface area (TPSA) is 77.1 Å². The SMILES string of the molecule is COc1cc(C(=O)CCCC(=O)NN2CCCCC2)cc(OC)c1OC. The summed E-state index contributed by atoms with van der Waals surface area (Å²) in [7, 11) is 4.54. The first kappa shape index (κ1) is 20.0. The lowest BCUT2D eigenvalue weighted by Gasteiger charge is -2.26. The molecule has 1 aromatic rings. The van der Waals surface area contributed by atoms with Crippen LogP contribution in [0.15, 0.2) is 12.1 Å². The highest BCUT2D eigenvalue weighted by atomic mass is 16.5. The van der Waals surface area contributed by atoms with E-state index in [-0.39, 0.29) is 18.1 Å². The van der Waals surface area contributed by atoms with Gasteiger partial charge in [-0.25, -0.2) is 5.01 Å². The van der Waals surface area contributed by atoms with Crippen LogP contribution in [0.3, 0.4) is 0 Å². The van der Waals surface area contributed by atoms with Gasteiger partial charge < -0.3 is 14.2 Å². The van der Waals surface area contributed by atoms with Crippen LogP contribution in [0, 0.1) is 0 Å². The third kappa shape index (κ3) is 5.36. The maximum atomic E-state index is 12.5. The van der Waals surface area contributed by atoms with Crippen molar-refractivity contribution in [3.8, 4) is 17.2 Å². The van der Waals surface area contributed by atoms with Gasteiger partial charge in [0.1, 0.15) is 0 Å². The fraction of sp³-hybridized carbons (Fsp3) is 0.579. The van der Waals surface area contributed by atoms with Crippen LogP contribution in [0.2, 0.25) is 0 Å². The normalized spacial score (nSPS) is 14.6. The number of rotatable bonds is 9. The van der Waals surface area contributed by atoms with Gasteiger partial charge in [-0.15, -0.1) is 0 Å². The highest BCUT2D eigenvalue weighted by Crippen LogP contribution is 2.38. The fourth-order valence-electron chi connectivity index (χ4n) is 3.03. The number of methoxy groups -OCH3 is 3. The highest BCUT2D eigenvalue weighted by Gasteiger charge is 2.17. The van der Waals surface area contributed by atoms with Crippen LogP contribution in [0.25, 0.3) is 0 Å². The Morgan fingerprint density at radius 1 is 0.962 bits per heavy atom. The van der Waals surface area contributed by atoms with Crippen molar-refractivity contribution >= 4 is 11.7 Å². The molecule has 1 aromatic carbocycles. The number of hydrogen-bond donors (Lipinski definition) is 1. The monoisotopic (exact) mass is 364 g/mol. The number of ketones is 1. The van der Waals surface area contributed by atoms with Gasteiger partial charge in [-0.05, 0) is 31.4 Å². The van der Waals surface area contributed by atoms with Gasteiger partial charge in [0.2, 0.25) is 11.7 Å². The number of hydrogen-bond acceptors (Lipinski definition) is 6. The van der Waals surface area contributed by atoms with Crippen LogP contribution in [0.5, 0.6) is 17.2 Å². The van der Waals surface area contributed by atoms with Crippen LogP contribution < -0.4 is 19.6 Å². The summed E-state index contributed by atoms with van der Waals surface area (Å²) in [6.45, 7) is 1.80. The lowest BCUT2D eigenvalue weighted by atomic mass is 10.0. The molecule has 0 radical (unpaired) electrons. The molecule has 0 unspecified atom stereocenters. The lowest BCUT2D eigenvalue weighted by Crippen LogP contribution is -2.44. The number of benzene rings is 1. The van der Waals surface area contributed by atoms with E-state index in [0.717, 1.165) is 25.9 Å². The summed E-state index contributed by atoms with van der Waals surface area (Å²) in [5.41, 5.74) is 3.39. The number of piperidine rings is 1. The molecule has 0 aliphatic carbocycles. The van der Waals surface area contributed by atoms with Gasteiger partial charge in [0, 0.05) is 31.5 Å². The Labute approximate surface area is 154 Å². The number of nitrogens with zero attached hydrogens (tertiary/aromatic N) is 1. The van der Waals surface area contributed by atoms with E-state index in [1.807, 2.05) is 5.01 Å². The zero-order chi connectivity index (χ0) is 18.9. The first-order valence-electron chi connectivity index (χ1n) is 8.96. The maximum absolute atomic E-state index is 12.5. The molecule has 2 rings (SSSR count). The van der Waals surface area contributed by atoms with Gasteiger partial charge in [0.25, 0.3) is 0 Å². The standard InChI is InChI=1S/C19H28N2O5/c1-24-16-12-14(13-17(25-2)19(16)26-3)15(22)8-7-9-18(23)20-21-10-5-4-6-11-21/h12-13H,4-11H2,1-3H3,(H,20,23). The molecule has 1 aliphatic heterocycles. The Morgan fingerprint density at radius 3 is 2.12 bits per heavy atom. The number of nitrogens with one attached hydrogen (secondary N) is 1. The van der Waals surface area contributed by atoms with Crippen molar-refractivity contribution in [2.45, 2.75) is 38.5 Å². The maximum Gasteiger partial charge on any atom is 0.234 e. The number of amides is 1. The largest absolute Gasteiger partial charge is 0.493 e. The Balaban J connectivity index is 1.88. The van der Waals surface area contributed by atoms with Crippen LogP contribution in [-0.4, -0.2) is 51.1 Å². The lowest BCUT2D eigenvalue weighted by molar-refractivity contribution is -0.126. The van der Waals surface area contributed by atoms with E-state index in [1.165, 1.54) is 27.8 Å².